The van der Waals surface area contributed by atoms with Gasteiger partial charge in [0.2, 0.25) is 0 Å². The predicted molar refractivity (Wildman–Crippen MR) is 69.3 cm³/mol. The second-order valence-electron chi connectivity index (χ2n) is 6.50. The zero-order valence-corrected chi connectivity index (χ0v) is 11.9. The van der Waals surface area contributed by atoms with E-state index in [0.717, 1.165) is 13.1 Å². The SMILES string of the molecule is CC(C)[C@]1(C(C)(C)C)CN(C)CCN1C(=O)O. The van der Waals surface area contributed by atoms with Gasteiger partial charge in [-0.25, -0.2) is 4.79 Å². The normalized spacial score (nSPS) is 27.6. The van der Waals surface area contributed by atoms with E-state index in [9.17, 15) is 9.90 Å². The number of rotatable bonds is 1. The van der Waals surface area contributed by atoms with E-state index >= 15 is 0 Å². The molecule has 0 aromatic heterocycles. The minimum Gasteiger partial charge on any atom is -0.465 e. The molecule has 0 unspecified atom stereocenters. The molecule has 100 valence electrons. The van der Waals surface area contributed by atoms with E-state index in [1.165, 1.54) is 0 Å². The van der Waals surface area contributed by atoms with Crippen LogP contribution in [0.2, 0.25) is 0 Å². The van der Waals surface area contributed by atoms with E-state index < -0.39 is 6.09 Å². The van der Waals surface area contributed by atoms with Crippen molar-refractivity contribution >= 4 is 6.09 Å². The lowest BCUT2D eigenvalue weighted by molar-refractivity contribution is -0.0772. The fourth-order valence-electron chi connectivity index (χ4n) is 3.31. The first-order valence-corrected chi connectivity index (χ1v) is 6.32. The monoisotopic (exact) mass is 242 g/mol. The molecule has 1 atom stereocenters. The molecule has 1 fully saturated rings. The summed E-state index contributed by atoms with van der Waals surface area (Å²) in [6, 6.07) is 0. The maximum atomic E-state index is 11.5. The summed E-state index contributed by atoms with van der Waals surface area (Å²) in [5.74, 6) is 0.293. The Morgan fingerprint density at radius 1 is 1.29 bits per heavy atom. The Bertz CT molecular complexity index is 296. The van der Waals surface area contributed by atoms with Crippen molar-refractivity contribution in [1.82, 2.24) is 9.80 Å². The molecule has 4 nitrogen and oxygen atoms in total. The molecule has 1 N–H and O–H groups in total. The van der Waals surface area contributed by atoms with Crippen LogP contribution in [0, 0.1) is 11.3 Å². The van der Waals surface area contributed by atoms with Crippen molar-refractivity contribution in [1.29, 1.82) is 0 Å². The minimum absolute atomic E-state index is 0.0752. The van der Waals surface area contributed by atoms with E-state index in [4.69, 9.17) is 0 Å². The molecular formula is C13H26N2O2. The summed E-state index contributed by atoms with van der Waals surface area (Å²) >= 11 is 0. The Hall–Kier alpha value is -0.770. The van der Waals surface area contributed by atoms with Crippen molar-refractivity contribution in [2.24, 2.45) is 11.3 Å². The van der Waals surface area contributed by atoms with Crippen LogP contribution in [0.25, 0.3) is 0 Å². The molecule has 0 aliphatic carbocycles. The van der Waals surface area contributed by atoms with Crippen LogP contribution in [-0.2, 0) is 0 Å². The van der Waals surface area contributed by atoms with Crippen LogP contribution < -0.4 is 0 Å². The lowest BCUT2D eigenvalue weighted by atomic mass is 9.65. The van der Waals surface area contributed by atoms with Gasteiger partial charge in [-0.3, -0.25) is 4.90 Å². The maximum Gasteiger partial charge on any atom is 0.407 e. The average Bonchev–Trinajstić information content (AvgIpc) is 2.14. The van der Waals surface area contributed by atoms with Crippen molar-refractivity contribution in [3.63, 3.8) is 0 Å². The van der Waals surface area contributed by atoms with Crippen molar-refractivity contribution in [2.45, 2.75) is 40.2 Å². The van der Waals surface area contributed by atoms with Gasteiger partial charge in [0.05, 0.1) is 5.54 Å². The van der Waals surface area contributed by atoms with Gasteiger partial charge in [0.1, 0.15) is 0 Å². The van der Waals surface area contributed by atoms with E-state index in [2.05, 4.69) is 46.6 Å². The second-order valence-corrected chi connectivity index (χ2v) is 6.50. The van der Waals surface area contributed by atoms with E-state index in [-0.39, 0.29) is 11.0 Å². The van der Waals surface area contributed by atoms with Crippen LogP contribution in [-0.4, -0.2) is 53.2 Å². The molecule has 0 aromatic rings. The highest BCUT2D eigenvalue weighted by atomic mass is 16.4. The highest BCUT2D eigenvalue weighted by molar-refractivity contribution is 5.67. The lowest BCUT2D eigenvalue weighted by Gasteiger charge is -2.58. The second kappa shape index (κ2) is 4.48. The van der Waals surface area contributed by atoms with Crippen LogP contribution in [0.4, 0.5) is 4.79 Å². The summed E-state index contributed by atoms with van der Waals surface area (Å²) in [5.41, 5.74) is -0.389. The third-order valence-electron chi connectivity index (χ3n) is 4.18. The molecule has 1 aliphatic rings. The van der Waals surface area contributed by atoms with Crippen LogP contribution in [0.15, 0.2) is 0 Å². The van der Waals surface area contributed by atoms with Crippen LogP contribution in [0.3, 0.4) is 0 Å². The molecular weight excluding hydrogens is 216 g/mol. The summed E-state index contributed by atoms with van der Waals surface area (Å²) in [6.07, 6.45) is -0.790. The minimum atomic E-state index is -0.790. The third-order valence-corrected chi connectivity index (χ3v) is 4.18. The summed E-state index contributed by atoms with van der Waals surface area (Å²) in [4.78, 5) is 15.4. The van der Waals surface area contributed by atoms with E-state index in [1.54, 1.807) is 4.90 Å². The summed E-state index contributed by atoms with van der Waals surface area (Å²) in [5, 5.41) is 9.48. The Morgan fingerprint density at radius 2 is 1.82 bits per heavy atom. The fourth-order valence-corrected chi connectivity index (χ4v) is 3.31. The topological polar surface area (TPSA) is 43.8 Å². The molecule has 0 aromatic carbocycles. The molecule has 1 aliphatic heterocycles. The number of nitrogens with zero attached hydrogens (tertiary/aromatic N) is 2. The molecule has 17 heavy (non-hydrogen) atoms. The molecule has 0 bridgehead atoms. The number of amides is 1. The van der Waals surface area contributed by atoms with Crippen LogP contribution in [0.5, 0.6) is 0 Å². The Kier molecular flexibility index (Phi) is 3.77. The number of piperazine rings is 1. The highest BCUT2D eigenvalue weighted by Gasteiger charge is 2.53. The quantitative estimate of drug-likeness (QED) is 0.767. The lowest BCUT2D eigenvalue weighted by Crippen LogP contribution is -2.70. The summed E-state index contributed by atoms with van der Waals surface area (Å²) < 4.78 is 0. The fraction of sp³-hybridized carbons (Fsp3) is 0.923. The number of carboxylic acid groups (broad SMARTS) is 1. The molecule has 1 heterocycles. The van der Waals surface area contributed by atoms with Gasteiger partial charge in [0.25, 0.3) is 0 Å². The Balaban J connectivity index is 3.25. The summed E-state index contributed by atoms with van der Waals surface area (Å²) in [7, 11) is 2.07. The smallest absolute Gasteiger partial charge is 0.407 e. The van der Waals surface area contributed by atoms with Crippen molar-refractivity contribution < 1.29 is 9.90 Å². The first-order valence-electron chi connectivity index (χ1n) is 6.32. The number of hydrogen-bond donors (Lipinski definition) is 1. The van der Waals surface area contributed by atoms with Gasteiger partial charge < -0.3 is 10.0 Å². The molecule has 0 radical (unpaired) electrons. The van der Waals surface area contributed by atoms with Gasteiger partial charge in [-0.2, -0.15) is 0 Å². The standard InChI is InChI=1S/C13H26N2O2/c1-10(2)13(12(3,4)5)9-14(6)7-8-15(13)11(16)17/h10H,7-9H2,1-6H3,(H,16,17)/t13-/m0/s1. The van der Waals surface area contributed by atoms with Crippen molar-refractivity contribution in [2.75, 3.05) is 26.7 Å². The third kappa shape index (κ3) is 2.28. The molecule has 0 spiro atoms. The van der Waals surface area contributed by atoms with Crippen molar-refractivity contribution in [3.05, 3.63) is 0 Å². The van der Waals surface area contributed by atoms with Crippen molar-refractivity contribution in [3.8, 4) is 0 Å². The zero-order chi connectivity index (χ0) is 13.4. The first-order chi connectivity index (χ1) is 7.63. The average molecular weight is 242 g/mol. The zero-order valence-electron chi connectivity index (χ0n) is 11.9. The molecule has 0 saturated carbocycles. The summed E-state index contributed by atoms with van der Waals surface area (Å²) in [6.45, 7) is 12.9. The maximum absolute atomic E-state index is 11.5. The first kappa shape index (κ1) is 14.3. The van der Waals surface area contributed by atoms with E-state index in [0.29, 0.717) is 12.5 Å². The number of likely N-dealkylation sites (N-methyl/N-ethyl adjacent to an activating group) is 1. The molecule has 4 heteroatoms. The molecule has 1 amide bonds. The van der Waals surface area contributed by atoms with Gasteiger partial charge in [-0.1, -0.05) is 34.6 Å². The predicted octanol–water partition coefficient (Wildman–Crippen LogP) is 2.35. The highest BCUT2D eigenvalue weighted by Crippen LogP contribution is 2.43. The van der Waals surface area contributed by atoms with Crippen LogP contribution in [0.1, 0.15) is 34.6 Å². The van der Waals surface area contributed by atoms with Gasteiger partial charge in [0.15, 0.2) is 0 Å². The largest absolute Gasteiger partial charge is 0.465 e. The Labute approximate surface area is 105 Å². The van der Waals surface area contributed by atoms with Gasteiger partial charge in [-0.15, -0.1) is 0 Å². The van der Waals surface area contributed by atoms with E-state index in [1.807, 2.05) is 0 Å². The number of hydrogen-bond acceptors (Lipinski definition) is 2. The van der Waals surface area contributed by atoms with Gasteiger partial charge in [0, 0.05) is 19.6 Å². The van der Waals surface area contributed by atoms with Crippen LogP contribution >= 0.6 is 0 Å². The molecule has 1 rings (SSSR count). The Morgan fingerprint density at radius 3 is 2.18 bits per heavy atom. The number of carbonyl (C=O) groups is 1. The van der Waals surface area contributed by atoms with Gasteiger partial charge in [-0.05, 0) is 18.4 Å². The van der Waals surface area contributed by atoms with Gasteiger partial charge >= 0.3 is 6.09 Å². The molecule has 1 saturated heterocycles.